The molecule has 0 aliphatic heterocycles. The van der Waals surface area contributed by atoms with Crippen molar-refractivity contribution in [3.8, 4) is 0 Å². The van der Waals surface area contributed by atoms with E-state index in [2.05, 4.69) is 0 Å². The Kier molecular flexibility index (Phi) is 6.60. The van der Waals surface area contributed by atoms with Crippen LogP contribution in [-0.2, 0) is 19.1 Å². The number of aliphatic hydroxyl groups is 1. The van der Waals surface area contributed by atoms with Gasteiger partial charge in [0.05, 0.1) is 5.92 Å². The first-order valence-corrected chi connectivity index (χ1v) is 12.8. The van der Waals surface area contributed by atoms with Crippen molar-refractivity contribution in [2.45, 2.75) is 76.9 Å². The average Bonchev–Trinajstić information content (AvgIpc) is 3.12. The number of rotatable bonds is 5. The quantitative estimate of drug-likeness (QED) is 0.563. The smallest absolute Gasteiger partial charge is 0.312 e. The fourth-order valence-electron chi connectivity index (χ4n) is 6.94. The van der Waals surface area contributed by atoms with Gasteiger partial charge in [-0.1, -0.05) is 24.8 Å². The van der Waals surface area contributed by atoms with Crippen LogP contribution < -0.4 is 0 Å². The number of hydrogen-bond acceptors (Lipinski definition) is 6. The summed E-state index contributed by atoms with van der Waals surface area (Å²) in [5.74, 6) is -3.09. The van der Waals surface area contributed by atoms with E-state index in [1.807, 2.05) is 6.92 Å². The van der Waals surface area contributed by atoms with E-state index >= 15 is 8.78 Å². The second-order valence-electron chi connectivity index (χ2n) is 10.6. The minimum absolute atomic E-state index is 0.0238. The molecule has 0 spiro atoms. The second kappa shape index (κ2) is 8.80. The molecule has 1 N–H and O–H groups in total. The first kappa shape index (κ1) is 25.5. The van der Waals surface area contributed by atoms with Crippen molar-refractivity contribution >= 4 is 28.6 Å². The van der Waals surface area contributed by atoms with Crippen LogP contribution in [0.25, 0.3) is 0 Å². The standard InChI is InChI=1S/C25H31F3O5S/c1-13(20(30)22(32)34-12-26)21(31)33-19-5-4-15-16-11-18(27)17-10-14(29)6-7-24(17,3)25(16,28)9-8-23(15,19)2/h6-7,10,13,15-16,18-20,30H,4-5,8-9,11-12H2,1-3H3/t13?,15-,16-,18-,19?,20?,23-,24-,25+/m0/s1. The molecular formula is C25H31F3O5S. The molecule has 3 unspecified atom stereocenters. The van der Waals surface area contributed by atoms with E-state index in [0.29, 0.717) is 31.0 Å². The number of ether oxygens (including phenoxy) is 1. The highest BCUT2D eigenvalue weighted by atomic mass is 32.2. The third-order valence-electron chi connectivity index (χ3n) is 9.11. The third kappa shape index (κ3) is 3.69. The van der Waals surface area contributed by atoms with Crippen LogP contribution in [0.4, 0.5) is 13.2 Å². The van der Waals surface area contributed by atoms with Crippen LogP contribution in [0, 0.1) is 28.6 Å². The van der Waals surface area contributed by atoms with Crippen LogP contribution in [0.3, 0.4) is 0 Å². The zero-order valence-electron chi connectivity index (χ0n) is 19.6. The number of thioether (sulfide) groups is 1. The number of allylic oxidation sites excluding steroid dienone is 4. The molecule has 9 heteroatoms. The summed E-state index contributed by atoms with van der Waals surface area (Å²) in [6, 6.07) is -0.999. The van der Waals surface area contributed by atoms with Crippen LogP contribution in [0.2, 0.25) is 0 Å². The topological polar surface area (TPSA) is 80.7 Å². The van der Waals surface area contributed by atoms with Crippen molar-refractivity contribution < 1.29 is 37.4 Å². The van der Waals surface area contributed by atoms with E-state index in [1.54, 1.807) is 6.92 Å². The number of esters is 1. The van der Waals surface area contributed by atoms with Crippen molar-refractivity contribution in [2.24, 2.45) is 28.6 Å². The highest BCUT2D eigenvalue weighted by Gasteiger charge is 2.68. The largest absolute Gasteiger partial charge is 0.461 e. The summed E-state index contributed by atoms with van der Waals surface area (Å²) in [5.41, 5.74) is -3.29. The fourth-order valence-corrected chi connectivity index (χ4v) is 7.42. The van der Waals surface area contributed by atoms with Gasteiger partial charge in [0.1, 0.15) is 30.1 Å². The minimum Gasteiger partial charge on any atom is -0.461 e. The van der Waals surface area contributed by atoms with Crippen LogP contribution in [0.1, 0.15) is 52.9 Å². The lowest BCUT2D eigenvalue weighted by atomic mass is 9.46. The van der Waals surface area contributed by atoms with Crippen molar-refractivity contribution in [1.29, 1.82) is 0 Å². The number of hydrogen-bond donors (Lipinski definition) is 1. The van der Waals surface area contributed by atoms with E-state index in [0.717, 1.165) is 0 Å². The number of aliphatic hydroxyl groups excluding tert-OH is 1. The van der Waals surface area contributed by atoms with Crippen LogP contribution in [0.15, 0.2) is 23.8 Å². The number of alkyl halides is 3. The normalized spacial score (nSPS) is 42.7. The zero-order valence-corrected chi connectivity index (χ0v) is 20.4. The van der Waals surface area contributed by atoms with Gasteiger partial charge in [0, 0.05) is 16.7 Å². The number of ketones is 1. The maximum atomic E-state index is 16.9. The summed E-state index contributed by atoms with van der Waals surface area (Å²) in [7, 11) is 0. The van der Waals surface area contributed by atoms with Gasteiger partial charge >= 0.3 is 5.97 Å². The van der Waals surface area contributed by atoms with Gasteiger partial charge in [0.25, 0.3) is 0 Å². The number of fused-ring (bicyclic) bond motifs is 5. The molecule has 0 aromatic heterocycles. The van der Waals surface area contributed by atoms with Gasteiger partial charge in [-0.05, 0) is 69.6 Å². The van der Waals surface area contributed by atoms with Gasteiger partial charge in [-0.25, -0.2) is 13.2 Å². The third-order valence-corrected chi connectivity index (χ3v) is 9.74. The number of carbonyl (C=O) groups excluding carboxylic acids is 3. The molecule has 0 radical (unpaired) electrons. The van der Waals surface area contributed by atoms with Crippen molar-refractivity contribution in [3.63, 3.8) is 0 Å². The summed E-state index contributed by atoms with van der Waals surface area (Å²) in [6.45, 7) is 4.96. The maximum Gasteiger partial charge on any atom is 0.312 e. The van der Waals surface area contributed by atoms with E-state index in [4.69, 9.17) is 4.74 Å². The molecule has 5 nitrogen and oxygen atoms in total. The number of carbonyl (C=O) groups is 3. The zero-order chi connectivity index (χ0) is 25.1. The molecule has 188 valence electrons. The molecule has 34 heavy (non-hydrogen) atoms. The molecule has 4 aliphatic rings. The van der Waals surface area contributed by atoms with E-state index < -0.39 is 63.8 Å². The van der Waals surface area contributed by atoms with Crippen LogP contribution in [0.5, 0.6) is 0 Å². The minimum atomic E-state index is -1.72. The molecule has 0 heterocycles. The molecule has 0 saturated heterocycles. The van der Waals surface area contributed by atoms with Gasteiger partial charge in [-0.3, -0.25) is 14.4 Å². The van der Waals surface area contributed by atoms with Crippen LogP contribution in [-0.4, -0.2) is 52.0 Å². The lowest BCUT2D eigenvalue weighted by Gasteiger charge is -2.60. The first-order chi connectivity index (χ1) is 15.9. The molecule has 9 atom stereocenters. The monoisotopic (exact) mass is 500 g/mol. The molecule has 3 fully saturated rings. The maximum absolute atomic E-state index is 16.9. The van der Waals surface area contributed by atoms with Gasteiger partial charge < -0.3 is 9.84 Å². The van der Waals surface area contributed by atoms with Gasteiger partial charge in [0.2, 0.25) is 5.12 Å². The predicted octanol–water partition coefficient (Wildman–Crippen LogP) is 4.43. The Hall–Kier alpha value is -1.61. The molecule has 4 aliphatic carbocycles. The Morgan fingerprint density at radius 2 is 1.97 bits per heavy atom. The Morgan fingerprint density at radius 3 is 2.65 bits per heavy atom. The molecule has 0 aromatic carbocycles. The lowest BCUT2D eigenvalue weighted by Crippen LogP contribution is -2.62. The molecule has 3 saturated carbocycles. The Morgan fingerprint density at radius 1 is 1.26 bits per heavy atom. The van der Waals surface area contributed by atoms with Crippen LogP contribution >= 0.6 is 11.8 Å². The second-order valence-corrected chi connectivity index (χ2v) is 11.5. The van der Waals surface area contributed by atoms with Gasteiger partial charge in [0.15, 0.2) is 5.78 Å². The summed E-state index contributed by atoms with van der Waals surface area (Å²) in [5, 5.41) is 9.23. The fraction of sp³-hybridized carbons (Fsp3) is 0.720. The highest BCUT2D eigenvalue weighted by Crippen LogP contribution is 2.68. The summed E-state index contributed by atoms with van der Waals surface area (Å²) in [6.07, 6.45) is 1.98. The Bertz CT molecular complexity index is 953. The molecule has 0 amide bonds. The summed E-state index contributed by atoms with van der Waals surface area (Å²) < 4.78 is 50.3. The molecule has 4 rings (SSSR count). The Labute approximate surface area is 201 Å². The average molecular weight is 501 g/mol. The molecule has 0 aromatic rings. The number of halogens is 3. The molecule has 0 bridgehead atoms. The van der Waals surface area contributed by atoms with Crippen molar-refractivity contribution in [3.05, 3.63) is 23.8 Å². The van der Waals surface area contributed by atoms with E-state index in [-0.39, 0.29) is 30.1 Å². The highest BCUT2D eigenvalue weighted by molar-refractivity contribution is 8.13. The SMILES string of the molecule is CC(C(=O)OC1CC[C@H]2[C@@H]3C[C@H](F)C4=CC(=O)C=C[C@]4(C)[C@@]3(F)CC[C@]12C)C(O)C(=O)SCF. The van der Waals surface area contributed by atoms with Gasteiger partial charge in [-0.2, -0.15) is 0 Å². The summed E-state index contributed by atoms with van der Waals surface area (Å²) >= 11 is 0.295. The first-order valence-electron chi connectivity index (χ1n) is 11.8. The lowest BCUT2D eigenvalue weighted by molar-refractivity contribution is -0.176. The molecular weight excluding hydrogens is 469 g/mol. The summed E-state index contributed by atoms with van der Waals surface area (Å²) in [4.78, 5) is 36.3. The predicted molar refractivity (Wildman–Crippen MR) is 121 cm³/mol. The van der Waals surface area contributed by atoms with E-state index in [9.17, 15) is 23.9 Å². The van der Waals surface area contributed by atoms with Crippen molar-refractivity contribution in [2.75, 3.05) is 6.01 Å². The Balaban J connectivity index is 1.54. The van der Waals surface area contributed by atoms with Crippen molar-refractivity contribution in [1.82, 2.24) is 0 Å². The van der Waals surface area contributed by atoms with E-state index in [1.165, 1.54) is 25.2 Å². The van der Waals surface area contributed by atoms with Gasteiger partial charge in [-0.15, -0.1) is 0 Å².